The number of carbonyl (C=O) groups is 1. The van der Waals surface area contributed by atoms with Crippen molar-refractivity contribution in [2.24, 2.45) is 0 Å². The molecule has 0 saturated carbocycles. The van der Waals surface area contributed by atoms with Crippen LogP contribution in [0, 0.1) is 0 Å². The van der Waals surface area contributed by atoms with Crippen molar-refractivity contribution in [1.29, 1.82) is 0 Å². The number of nitrogens with zero attached hydrogens (tertiary/aromatic N) is 1. The van der Waals surface area contributed by atoms with E-state index < -0.39 is 5.97 Å². The van der Waals surface area contributed by atoms with Gasteiger partial charge in [0, 0.05) is 18.4 Å². The Morgan fingerprint density at radius 2 is 2.56 bits per heavy atom. The van der Waals surface area contributed by atoms with E-state index in [1.54, 1.807) is 0 Å². The summed E-state index contributed by atoms with van der Waals surface area (Å²) in [6.45, 7) is 4.95. The van der Waals surface area contributed by atoms with Gasteiger partial charge in [0.15, 0.2) is 5.13 Å². The molecule has 1 aliphatic rings. The van der Waals surface area contributed by atoms with E-state index >= 15 is 0 Å². The van der Waals surface area contributed by atoms with Gasteiger partial charge in [0.25, 0.3) is 0 Å². The van der Waals surface area contributed by atoms with E-state index in [1.807, 2.05) is 5.38 Å². The summed E-state index contributed by atoms with van der Waals surface area (Å²) in [5.41, 5.74) is 0.752. The number of aromatic nitrogens is 1. The molecule has 2 rings (SSSR count). The average Bonchev–Trinajstić information content (AvgIpc) is 2.85. The van der Waals surface area contributed by atoms with Crippen LogP contribution in [0.15, 0.2) is 5.38 Å². The number of thiazole rings is 1. The first-order valence-corrected chi connectivity index (χ1v) is 6.93. The summed E-state index contributed by atoms with van der Waals surface area (Å²) in [6, 6.07) is 0. The van der Waals surface area contributed by atoms with Crippen molar-refractivity contribution in [1.82, 2.24) is 4.98 Å². The molecule has 0 bridgehead atoms. The monoisotopic (exact) mass is 270 g/mol. The van der Waals surface area contributed by atoms with Crippen LogP contribution in [0.4, 0.5) is 5.13 Å². The predicted molar refractivity (Wildman–Crippen MR) is 70.1 cm³/mol. The first kappa shape index (κ1) is 13.3. The number of rotatable bonds is 5. The number of hydrogen-bond donors (Lipinski definition) is 2. The third-order valence-electron chi connectivity index (χ3n) is 3.43. The van der Waals surface area contributed by atoms with Crippen molar-refractivity contribution in [2.75, 3.05) is 11.9 Å². The van der Waals surface area contributed by atoms with Gasteiger partial charge in [-0.25, -0.2) is 4.98 Å². The van der Waals surface area contributed by atoms with Crippen LogP contribution in [0.5, 0.6) is 0 Å². The van der Waals surface area contributed by atoms with Crippen LogP contribution in [-0.4, -0.2) is 34.3 Å². The van der Waals surface area contributed by atoms with Crippen molar-refractivity contribution < 1.29 is 14.6 Å². The van der Waals surface area contributed by atoms with E-state index in [4.69, 9.17) is 9.84 Å². The van der Waals surface area contributed by atoms with Crippen molar-refractivity contribution in [3.8, 4) is 0 Å². The number of ether oxygens (including phenoxy) is 1. The molecule has 2 heterocycles. The zero-order chi connectivity index (χ0) is 13.2. The smallest absolute Gasteiger partial charge is 0.303 e. The van der Waals surface area contributed by atoms with Crippen LogP contribution in [0.3, 0.4) is 0 Å². The summed E-state index contributed by atoms with van der Waals surface area (Å²) >= 11 is 1.52. The van der Waals surface area contributed by atoms with Gasteiger partial charge in [0.05, 0.1) is 23.8 Å². The van der Waals surface area contributed by atoms with Gasteiger partial charge >= 0.3 is 5.97 Å². The molecule has 0 aliphatic carbocycles. The topological polar surface area (TPSA) is 71.5 Å². The molecular weight excluding hydrogens is 252 g/mol. The van der Waals surface area contributed by atoms with Crippen molar-refractivity contribution in [3.05, 3.63) is 11.1 Å². The summed E-state index contributed by atoms with van der Waals surface area (Å²) in [5.74, 6) is -0.790. The molecule has 1 aliphatic heterocycles. The minimum absolute atomic E-state index is 0.0814. The number of nitrogens with one attached hydrogen (secondary N) is 1. The number of aliphatic carboxylic acids is 1. The van der Waals surface area contributed by atoms with Crippen molar-refractivity contribution in [3.63, 3.8) is 0 Å². The zero-order valence-electron chi connectivity index (χ0n) is 10.6. The first-order chi connectivity index (χ1) is 8.49. The van der Waals surface area contributed by atoms with E-state index in [0.717, 1.165) is 23.9 Å². The fourth-order valence-corrected chi connectivity index (χ4v) is 2.84. The van der Waals surface area contributed by atoms with Crippen LogP contribution in [0.25, 0.3) is 0 Å². The SMILES string of the molecule is CC1OCCC1(C)Nc1nc(CCC(=O)O)cs1. The molecule has 1 aromatic rings. The highest BCUT2D eigenvalue weighted by atomic mass is 32.1. The maximum absolute atomic E-state index is 10.5. The summed E-state index contributed by atoms with van der Waals surface area (Å²) < 4.78 is 5.56. The van der Waals surface area contributed by atoms with Gasteiger partial charge in [-0.15, -0.1) is 11.3 Å². The Morgan fingerprint density at radius 1 is 1.78 bits per heavy atom. The van der Waals surface area contributed by atoms with E-state index in [0.29, 0.717) is 6.42 Å². The standard InChI is InChI=1S/C12H18N2O3S/c1-8-12(2,5-6-17-8)14-11-13-9(7-18-11)3-4-10(15)16/h7-8H,3-6H2,1-2H3,(H,13,14)(H,15,16). The molecule has 2 atom stereocenters. The fraction of sp³-hybridized carbons (Fsp3) is 0.667. The molecule has 18 heavy (non-hydrogen) atoms. The number of aryl methyl sites for hydroxylation is 1. The van der Waals surface area contributed by atoms with Crippen molar-refractivity contribution in [2.45, 2.75) is 44.8 Å². The Hall–Kier alpha value is -1.14. The van der Waals surface area contributed by atoms with E-state index in [-0.39, 0.29) is 18.1 Å². The van der Waals surface area contributed by atoms with Crippen LogP contribution >= 0.6 is 11.3 Å². The van der Waals surface area contributed by atoms with Gasteiger partial charge in [-0.1, -0.05) is 0 Å². The number of carboxylic acids is 1. The van der Waals surface area contributed by atoms with Gasteiger partial charge in [0.1, 0.15) is 0 Å². The molecule has 0 amide bonds. The molecule has 1 aromatic heterocycles. The minimum Gasteiger partial charge on any atom is -0.481 e. The van der Waals surface area contributed by atoms with Crippen molar-refractivity contribution >= 4 is 22.4 Å². The van der Waals surface area contributed by atoms with Crippen LogP contribution in [0.2, 0.25) is 0 Å². The lowest BCUT2D eigenvalue weighted by atomic mass is 9.95. The van der Waals surface area contributed by atoms with E-state index in [1.165, 1.54) is 11.3 Å². The zero-order valence-corrected chi connectivity index (χ0v) is 11.4. The summed E-state index contributed by atoms with van der Waals surface area (Å²) in [7, 11) is 0. The Kier molecular flexibility index (Phi) is 3.87. The highest BCUT2D eigenvalue weighted by Gasteiger charge is 2.37. The number of hydrogen-bond acceptors (Lipinski definition) is 5. The molecule has 1 saturated heterocycles. The third kappa shape index (κ3) is 3.00. The van der Waals surface area contributed by atoms with E-state index in [2.05, 4.69) is 24.1 Å². The van der Waals surface area contributed by atoms with Crippen LogP contribution in [0.1, 0.15) is 32.4 Å². The lowest BCUT2D eigenvalue weighted by Crippen LogP contribution is -2.41. The maximum atomic E-state index is 10.5. The molecule has 0 spiro atoms. The Morgan fingerprint density at radius 3 is 3.17 bits per heavy atom. The van der Waals surface area contributed by atoms with Gasteiger partial charge in [-0.2, -0.15) is 0 Å². The molecule has 0 radical (unpaired) electrons. The predicted octanol–water partition coefficient (Wildman–Crippen LogP) is 2.14. The second-order valence-electron chi connectivity index (χ2n) is 4.84. The average molecular weight is 270 g/mol. The van der Waals surface area contributed by atoms with Gasteiger partial charge in [-0.3, -0.25) is 4.79 Å². The lowest BCUT2D eigenvalue weighted by Gasteiger charge is -2.28. The Bertz CT molecular complexity index is 435. The second-order valence-corrected chi connectivity index (χ2v) is 5.70. The molecule has 2 N–H and O–H groups in total. The van der Waals surface area contributed by atoms with Gasteiger partial charge < -0.3 is 15.2 Å². The van der Waals surface area contributed by atoms with Crippen LogP contribution < -0.4 is 5.32 Å². The van der Waals surface area contributed by atoms with Gasteiger partial charge in [-0.05, 0) is 20.3 Å². The fourth-order valence-electron chi connectivity index (χ4n) is 1.96. The maximum Gasteiger partial charge on any atom is 0.303 e. The normalized spacial score (nSPS) is 27.3. The Balaban J connectivity index is 1.96. The number of anilines is 1. The van der Waals surface area contributed by atoms with E-state index in [9.17, 15) is 4.79 Å². The third-order valence-corrected chi connectivity index (χ3v) is 4.23. The lowest BCUT2D eigenvalue weighted by molar-refractivity contribution is -0.136. The highest BCUT2D eigenvalue weighted by molar-refractivity contribution is 7.13. The molecule has 1 fully saturated rings. The summed E-state index contributed by atoms with van der Waals surface area (Å²) in [4.78, 5) is 14.9. The largest absolute Gasteiger partial charge is 0.481 e. The molecule has 100 valence electrons. The Labute approximate surface area is 110 Å². The first-order valence-electron chi connectivity index (χ1n) is 6.05. The molecule has 0 aromatic carbocycles. The molecule has 6 heteroatoms. The van der Waals surface area contributed by atoms with Crippen LogP contribution in [-0.2, 0) is 16.0 Å². The summed E-state index contributed by atoms with van der Waals surface area (Å²) in [6.07, 6.45) is 1.72. The second kappa shape index (κ2) is 5.24. The molecule has 5 nitrogen and oxygen atoms in total. The quantitative estimate of drug-likeness (QED) is 0.857. The van der Waals surface area contributed by atoms with Gasteiger partial charge in [0.2, 0.25) is 0 Å². The summed E-state index contributed by atoms with van der Waals surface area (Å²) in [5, 5.41) is 14.8. The minimum atomic E-state index is -0.790. The molecule has 2 unspecified atom stereocenters. The molecular formula is C12H18N2O3S. The number of carboxylic acid groups (broad SMARTS) is 1. The highest BCUT2D eigenvalue weighted by Crippen LogP contribution is 2.30.